The zero-order chi connectivity index (χ0) is 13.0. The molecule has 2 N–H and O–H groups in total. The number of pyridine rings is 1. The Morgan fingerprint density at radius 3 is 2.71 bits per heavy atom. The van der Waals surface area contributed by atoms with Gasteiger partial charge in [-0.25, -0.2) is 18.6 Å². The Hall–Kier alpha value is -1.63. The molecule has 1 aromatic heterocycles. The number of carbonyl (C=O) groups is 1. The van der Waals surface area contributed by atoms with Gasteiger partial charge in [-0.1, -0.05) is 0 Å². The first-order chi connectivity index (χ1) is 8.01. The van der Waals surface area contributed by atoms with E-state index in [1.54, 1.807) is 6.92 Å². The van der Waals surface area contributed by atoms with Gasteiger partial charge in [0.2, 0.25) is 5.95 Å². The molecule has 0 aliphatic heterocycles. The van der Waals surface area contributed by atoms with E-state index in [9.17, 15) is 18.0 Å². The minimum absolute atomic E-state index is 0.0279. The second kappa shape index (κ2) is 5.62. The first kappa shape index (κ1) is 13.4. The van der Waals surface area contributed by atoms with Gasteiger partial charge in [-0.05, 0) is 18.6 Å². The van der Waals surface area contributed by atoms with Crippen LogP contribution in [0.5, 0.6) is 0 Å². The van der Waals surface area contributed by atoms with E-state index in [0.717, 1.165) is 6.07 Å². The standard InChI is InChI=1S/C10H11F3N2O2/c1-2-17-10(16)7-5(4-14)3-6(8(11)12)9(13)15-7/h3,8H,2,4,14H2,1H3. The molecule has 7 heteroatoms. The molecule has 0 aliphatic rings. The second-order valence-electron chi connectivity index (χ2n) is 3.10. The van der Waals surface area contributed by atoms with Crippen molar-refractivity contribution in [2.75, 3.05) is 6.61 Å². The van der Waals surface area contributed by atoms with E-state index in [2.05, 4.69) is 9.72 Å². The maximum atomic E-state index is 13.2. The summed E-state index contributed by atoms with van der Waals surface area (Å²) in [4.78, 5) is 14.5. The Morgan fingerprint density at radius 1 is 1.59 bits per heavy atom. The summed E-state index contributed by atoms with van der Waals surface area (Å²) in [7, 11) is 0. The lowest BCUT2D eigenvalue weighted by Crippen LogP contribution is -2.15. The molecule has 0 fully saturated rings. The van der Waals surface area contributed by atoms with Crippen molar-refractivity contribution < 1.29 is 22.7 Å². The van der Waals surface area contributed by atoms with Crippen molar-refractivity contribution in [2.45, 2.75) is 19.9 Å². The Morgan fingerprint density at radius 2 is 2.24 bits per heavy atom. The van der Waals surface area contributed by atoms with E-state index in [4.69, 9.17) is 5.73 Å². The third-order valence-electron chi connectivity index (χ3n) is 2.01. The van der Waals surface area contributed by atoms with Crippen molar-refractivity contribution in [3.05, 3.63) is 28.8 Å². The fourth-order valence-corrected chi connectivity index (χ4v) is 1.23. The number of hydrogen-bond donors (Lipinski definition) is 1. The number of ether oxygens (including phenoxy) is 1. The minimum Gasteiger partial charge on any atom is -0.461 e. The van der Waals surface area contributed by atoms with Crippen LogP contribution in [0, 0.1) is 5.95 Å². The molecule has 1 rings (SSSR count). The largest absolute Gasteiger partial charge is 0.461 e. The fourth-order valence-electron chi connectivity index (χ4n) is 1.23. The highest BCUT2D eigenvalue weighted by molar-refractivity contribution is 5.88. The van der Waals surface area contributed by atoms with Gasteiger partial charge in [-0.15, -0.1) is 0 Å². The Bertz CT molecular complexity index is 424. The van der Waals surface area contributed by atoms with Gasteiger partial charge in [0, 0.05) is 6.54 Å². The summed E-state index contributed by atoms with van der Waals surface area (Å²) < 4.78 is 42.6. The smallest absolute Gasteiger partial charge is 0.357 e. The lowest BCUT2D eigenvalue weighted by Gasteiger charge is -2.09. The number of rotatable bonds is 4. The van der Waals surface area contributed by atoms with Crippen LogP contribution >= 0.6 is 0 Å². The Kier molecular flexibility index (Phi) is 4.45. The quantitative estimate of drug-likeness (QED) is 0.651. The van der Waals surface area contributed by atoms with Crippen LogP contribution in [0.3, 0.4) is 0 Å². The minimum atomic E-state index is -3.01. The molecule has 0 radical (unpaired) electrons. The van der Waals surface area contributed by atoms with Gasteiger partial charge in [-0.2, -0.15) is 4.39 Å². The summed E-state index contributed by atoms with van der Waals surface area (Å²) in [5, 5.41) is 0. The average molecular weight is 248 g/mol. The summed E-state index contributed by atoms with van der Waals surface area (Å²) >= 11 is 0. The zero-order valence-corrected chi connectivity index (χ0v) is 9.04. The topological polar surface area (TPSA) is 65.2 Å². The summed E-state index contributed by atoms with van der Waals surface area (Å²) in [6.07, 6.45) is -3.01. The van der Waals surface area contributed by atoms with Gasteiger partial charge in [0.25, 0.3) is 6.43 Å². The molecule has 4 nitrogen and oxygen atoms in total. The van der Waals surface area contributed by atoms with Crippen LogP contribution in [0.4, 0.5) is 13.2 Å². The summed E-state index contributed by atoms with van der Waals surface area (Å²) in [6, 6.07) is 0.833. The van der Waals surface area contributed by atoms with E-state index in [1.807, 2.05) is 0 Å². The highest BCUT2D eigenvalue weighted by atomic mass is 19.3. The maximum absolute atomic E-state index is 13.2. The molecule has 0 spiro atoms. The van der Waals surface area contributed by atoms with Gasteiger partial charge >= 0.3 is 5.97 Å². The summed E-state index contributed by atoms with van der Waals surface area (Å²) in [6.45, 7) is 1.42. The monoisotopic (exact) mass is 248 g/mol. The highest BCUT2D eigenvalue weighted by Crippen LogP contribution is 2.23. The van der Waals surface area contributed by atoms with E-state index in [1.165, 1.54) is 0 Å². The molecular formula is C10H11F3N2O2. The number of esters is 1. The van der Waals surface area contributed by atoms with Gasteiger partial charge < -0.3 is 10.5 Å². The molecule has 0 bridgehead atoms. The van der Waals surface area contributed by atoms with E-state index in [0.29, 0.717) is 0 Å². The molecule has 0 aromatic carbocycles. The molecule has 1 aromatic rings. The molecule has 17 heavy (non-hydrogen) atoms. The van der Waals surface area contributed by atoms with Crippen LogP contribution in [-0.4, -0.2) is 17.6 Å². The normalized spacial score (nSPS) is 10.7. The molecule has 0 aliphatic carbocycles. The Labute approximate surface area is 95.6 Å². The predicted octanol–water partition coefficient (Wildman–Crippen LogP) is 1.79. The van der Waals surface area contributed by atoms with Crippen molar-refractivity contribution in [1.29, 1.82) is 0 Å². The molecule has 0 atom stereocenters. The van der Waals surface area contributed by atoms with Crippen LogP contribution in [0.2, 0.25) is 0 Å². The molecule has 94 valence electrons. The SMILES string of the molecule is CCOC(=O)c1nc(F)c(C(F)F)cc1CN. The van der Waals surface area contributed by atoms with Crippen LogP contribution in [0.1, 0.15) is 35.0 Å². The van der Waals surface area contributed by atoms with Crippen molar-refractivity contribution in [3.8, 4) is 0 Å². The van der Waals surface area contributed by atoms with Crippen molar-refractivity contribution in [3.63, 3.8) is 0 Å². The van der Waals surface area contributed by atoms with Crippen LogP contribution in [-0.2, 0) is 11.3 Å². The maximum Gasteiger partial charge on any atom is 0.357 e. The summed E-state index contributed by atoms with van der Waals surface area (Å²) in [5.74, 6) is -2.27. The number of hydrogen-bond acceptors (Lipinski definition) is 4. The van der Waals surface area contributed by atoms with E-state index >= 15 is 0 Å². The van der Waals surface area contributed by atoms with Crippen molar-refractivity contribution in [1.82, 2.24) is 4.98 Å². The molecule has 0 unspecified atom stereocenters. The number of nitrogens with two attached hydrogens (primary N) is 1. The number of carbonyl (C=O) groups excluding carboxylic acids is 1. The van der Waals surface area contributed by atoms with Gasteiger partial charge in [0.15, 0.2) is 5.69 Å². The lowest BCUT2D eigenvalue weighted by molar-refractivity contribution is 0.0515. The average Bonchev–Trinajstić information content (AvgIpc) is 2.28. The van der Waals surface area contributed by atoms with Crippen LogP contribution < -0.4 is 5.73 Å². The van der Waals surface area contributed by atoms with Gasteiger partial charge in [0.1, 0.15) is 0 Å². The molecule has 0 saturated carbocycles. The predicted molar refractivity (Wildman–Crippen MR) is 53.0 cm³/mol. The first-order valence-corrected chi connectivity index (χ1v) is 4.85. The first-order valence-electron chi connectivity index (χ1n) is 4.85. The van der Waals surface area contributed by atoms with Crippen LogP contribution in [0.15, 0.2) is 6.07 Å². The third kappa shape index (κ3) is 2.94. The molecule has 1 heterocycles. The van der Waals surface area contributed by atoms with E-state index < -0.39 is 23.9 Å². The molecular weight excluding hydrogens is 237 g/mol. The molecule has 0 amide bonds. The molecule has 0 saturated heterocycles. The number of nitrogens with zero attached hydrogens (tertiary/aromatic N) is 1. The number of alkyl halides is 2. The van der Waals surface area contributed by atoms with Crippen molar-refractivity contribution >= 4 is 5.97 Å². The Balaban J connectivity index is 3.23. The summed E-state index contributed by atoms with van der Waals surface area (Å²) in [5.41, 5.74) is 4.08. The number of halogens is 3. The van der Waals surface area contributed by atoms with Gasteiger partial charge in [-0.3, -0.25) is 0 Å². The van der Waals surface area contributed by atoms with E-state index in [-0.39, 0.29) is 24.4 Å². The van der Waals surface area contributed by atoms with Crippen molar-refractivity contribution in [2.24, 2.45) is 5.73 Å². The third-order valence-corrected chi connectivity index (χ3v) is 2.01. The second-order valence-corrected chi connectivity index (χ2v) is 3.10. The van der Waals surface area contributed by atoms with Gasteiger partial charge in [0.05, 0.1) is 12.2 Å². The van der Waals surface area contributed by atoms with Crippen LogP contribution in [0.25, 0.3) is 0 Å². The lowest BCUT2D eigenvalue weighted by atomic mass is 10.1. The highest BCUT2D eigenvalue weighted by Gasteiger charge is 2.22. The zero-order valence-electron chi connectivity index (χ0n) is 9.04. The number of aromatic nitrogens is 1. The fraction of sp³-hybridized carbons (Fsp3) is 0.400.